The second-order valence-electron chi connectivity index (χ2n) is 4.12. The predicted octanol–water partition coefficient (Wildman–Crippen LogP) is 1.27. The number of rotatable bonds is 3. The predicted molar refractivity (Wildman–Crippen MR) is 66.3 cm³/mol. The molecular weight excluding hydrogens is 235 g/mol. The van der Waals surface area contributed by atoms with E-state index in [-0.39, 0.29) is 5.91 Å². The zero-order valence-electron chi connectivity index (χ0n) is 10.4. The average molecular weight is 252 g/mol. The molecule has 0 bridgehead atoms. The molecule has 1 aliphatic heterocycles. The average Bonchev–Trinajstić information content (AvgIpc) is 2.41. The lowest BCUT2D eigenvalue weighted by molar-refractivity contribution is 0.0731. The molecule has 0 aromatic heterocycles. The van der Waals surface area contributed by atoms with Crippen LogP contribution in [0.15, 0.2) is 18.2 Å². The summed E-state index contributed by atoms with van der Waals surface area (Å²) in [6.07, 6.45) is 0. The minimum atomic E-state index is -0.420. The number of hydrogen-bond acceptors (Lipinski definition) is 3. The van der Waals surface area contributed by atoms with Crippen LogP contribution >= 0.6 is 0 Å². The summed E-state index contributed by atoms with van der Waals surface area (Å²) in [4.78, 5) is 14.0. The maximum Gasteiger partial charge on any atom is 0.257 e. The van der Waals surface area contributed by atoms with Gasteiger partial charge in [-0.25, -0.2) is 4.39 Å². The molecular formula is C13H17FN2O2. The molecule has 1 fully saturated rings. The van der Waals surface area contributed by atoms with Crippen molar-refractivity contribution in [3.05, 3.63) is 29.6 Å². The summed E-state index contributed by atoms with van der Waals surface area (Å²) in [7, 11) is 0. The van der Waals surface area contributed by atoms with E-state index in [0.29, 0.717) is 31.0 Å². The number of carbonyl (C=O) groups is 1. The Bertz CT molecular complexity index is 431. The van der Waals surface area contributed by atoms with Crippen LogP contribution in [0.3, 0.4) is 0 Å². The number of nitrogens with one attached hydrogen (secondary N) is 1. The van der Waals surface area contributed by atoms with Gasteiger partial charge in [-0.05, 0) is 25.1 Å². The number of hydrogen-bond donors (Lipinski definition) is 1. The number of piperazine rings is 1. The molecule has 0 saturated carbocycles. The Labute approximate surface area is 106 Å². The summed E-state index contributed by atoms with van der Waals surface area (Å²) < 4.78 is 18.7. The Kier molecular flexibility index (Phi) is 4.15. The van der Waals surface area contributed by atoms with Crippen LogP contribution < -0.4 is 10.1 Å². The molecule has 1 aliphatic rings. The van der Waals surface area contributed by atoms with Crippen molar-refractivity contribution < 1.29 is 13.9 Å². The molecule has 1 aromatic carbocycles. The van der Waals surface area contributed by atoms with Gasteiger partial charge in [-0.3, -0.25) is 4.79 Å². The van der Waals surface area contributed by atoms with Crippen molar-refractivity contribution >= 4 is 5.91 Å². The highest BCUT2D eigenvalue weighted by Gasteiger charge is 2.21. The molecule has 1 heterocycles. The number of carbonyl (C=O) groups excluding carboxylic acids is 1. The number of amides is 1. The Morgan fingerprint density at radius 2 is 2.17 bits per heavy atom. The number of ether oxygens (including phenoxy) is 1. The normalized spacial score (nSPS) is 15.6. The number of halogens is 1. The second kappa shape index (κ2) is 5.82. The van der Waals surface area contributed by atoms with Crippen LogP contribution in [0.5, 0.6) is 5.75 Å². The Hall–Kier alpha value is -1.62. The fourth-order valence-corrected chi connectivity index (χ4v) is 1.99. The SMILES string of the molecule is CCOc1ccc(F)cc1C(=O)N1CCNCC1. The second-order valence-corrected chi connectivity index (χ2v) is 4.12. The largest absolute Gasteiger partial charge is 0.493 e. The van der Waals surface area contributed by atoms with E-state index >= 15 is 0 Å². The molecule has 0 radical (unpaired) electrons. The van der Waals surface area contributed by atoms with E-state index in [0.717, 1.165) is 13.1 Å². The van der Waals surface area contributed by atoms with E-state index in [1.807, 2.05) is 6.92 Å². The van der Waals surface area contributed by atoms with Gasteiger partial charge in [0.15, 0.2) is 0 Å². The highest BCUT2D eigenvalue weighted by atomic mass is 19.1. The molecule has 1 N–H and O–H groups in total. The summed E-state index contributed by atoms with van der Waals surface area (Å²) >= 11 is 0. The molecule has 1 saturated heterocycles. The highest BCUT2D eigenvalue weighted by molar-refractivity contribution is 5.97. The van der Waals surface area contributed by atoms with E-state index < -0.39 is 5.82 Å². The van der Waals surface area contributed by atoms with Crippen LogP contribution in [0.2, 0.25) is 0 Å². The van der Waals surface area contributed by atoms with Crippen LogP contribution in [-0.4, -0.2) is 43.6 Å². The van der Waals surface area contributed by atoms with Gasteiger partial charge in [0, 0.05) is 26.2 Å². The molecule has 0 aliphatic carbocycles. The molecule has 4 nitrogen and oxygen atoms in total. The van der Waals surface area contributed by atoms with Crippen molar-refractivity contribution in [1.29, 1.82) is 0 Å². The molecule has 1 aromatic rings. The van der Waals surface area contributed by atoms with Crippen molar-refractivity contribution in [3.63, 3.8) is 0 Å². The van der Waals surface area contributed by atoms with Gasteiger partial charge >= 0.3 is 0 Å². The van der Waals surface area contributed by atoms with E-state index in [4.69, 9.17) is 4.74 Å². The summed E-state index contributed by atoms with van der Waals surface area (Å²) in [6, 6.07) is 4.06. The van der Waals surface area contributed by atoms with E-state index in [1.54, 1.807) is 4.90 Å². The third kappa shape index (κ3) is 2.79. The third-order valence-electron chi connectivity index (χ3n) is 2.88. The van der Waals surface area contributed by atoms with Crippen molar-refractivity contribution in [3.8, 4) is 5.75 Å². The van der Waals surface area contributed by atoms with Gasteiger partial charge < -0.3 is 15.0 Å². The fraction of sp³-hybridized carbons (Fsp3) is 0.462. The zero-order valence-corrected chi connectivity index (χ0v) is 10.4. The van der Waals surface area contributed by atoms with Crippen molar-refractivity contribution in [2.75, 3.05) is 32.8 Å². The Balaban J connectivity index is 2.24. The van der Waals surface area contributed by atoms with E-state index in [2.05, 4.69) is 5.32 Å². The van der Waals surface area contributed by atoms with Crippen LogP contribution in [-0.2, 0) is 0 Å². The van der Waals surface area contributed by atoms with E-state index in [9.17, 15) is 9.18 Å². The van der Waals surface area contributed by atoms with Gasteiger partial charge in [0.25, 0.3) is 5.91 Å². The zero-order chi connectivity index (χ0) is 13.0. The summed E-state index contributed by atoms with van der Waals surface area (Å²) in [5.41, 5.74) is 0.304. The molecule has 2 rings (SSSR count). The first-order chi connectivity index (χ1) is 8.72. The minimum absolute atomic E-state index is 0.167. The van der Waals surface area contributed by atoms with Crippen LogP contribution in [0, 0.1) is 5.82 Å². The smallest absolute Gasteiger partial charge is 0.257 e. The highest BCUT2D eigenvalue weighted by Crippen LogP contribution is 2.21. The molecule has 0 atom stereocenters. The Morgan fingerprint density at radius 1 is 1.44 bits per heavy atom. The molecule has 0 spiro atoms. The van der Waals surface area contributed by atoms with Crippen molar-refractivity contribution in [2.24, 2.45) is 0 Å². The third-order valence-corrected chi connectivity index (χ3v) is 2.88. The van der Waals surface area contributed by atoms with Gasteiger partial charge in [0.1, 0.15) is 11.6 Å². The maximum absolute atomic E-state index is 13.3. The van der Waals surface area contributed by atoms with Gasteiger partial charge in [-0.1, -0.05) is 0 Å². The number of nitrogens with zero attached hydrogens (tertiary/aromatic N) is 1. The fourth-order valence-electron chi connectivity index (χ4n) is 1.99. The van der Waals surface area contributed by atoms with Gasteiger partial charge in [0.05, 0.1) is 12.2 Å². The monoisotopic (exact) mass is 252 g/mol. The topological polar surface area (TPSA) is 41.6 Å². The van der Waals surface area contributed by atoms with Crippen molar-refractivity contribution in [1.82, 2.24) is 10.2 Å². The van der Waals surface area contributed by atoms with Crippen LogP contribution in [0.25, 0.3) is 0 Å². The Morgan fingerprint density at radius 3 is 2.83 bits per heavy atom. The van der Waals surface area contributed by atoms with E-state index in [1.165, 1.54) is 18.2 Å². The molecule has 1 amide bonds. The van der Waals surface area contributed by atoms with Crippen LogP contribution in [0.1, 0.15) is 17.3 Å². The lowest BCUT2D eigenvalue weighted by Crippen LogP contribution is -2.46. The molecule has 5 heteroatoms. The lowest BCUT2D eigenvalue weighted by Gasteiger charge is -2.28. The first-order valence-corrected chi connectivity index (χ1v) is 6.14. The van der Waals surface area contributed by atoms with Gasteiger partial charge in [-0.2, -0.15) is 0 Å². The maximum atomic E-state index is 13.3. The first kappa shape index (κ1) is 12.8. The number of benzene rings is 1. The van der Waals surface area contributed by atoms with Gasteiger partial charge in [0.2, 0.25) is 0 Å². The van der Waals surface area contributed by atoms with Crippen LogP contribution in [0.4, 0.5) is 4.39 Å². The summed E-state index contributed by atoms with van der Waals surface area (Å²) in [6.45, 7) is 5.10. The van der Waals surface area contributed by atoms with Gasteiger partial charge in [-0.15, -0.1) is 0 Å². The van der Waals surface area contributed by atoms with Crippen molar-refractivity contribution in [2.45, 2.75) is 6.92 Å². The molecule has 98 valence electrons. The lowest BCUT2D eigenvalue weighted by atomic mass is 10.1. The summed E-state index contributed by atoms with van der Waals surface area (Å²) in [5.74, 6) is -0.140. The minimum Gasteiger partial charge on any atom is -0.493 e. The summed E-state index contributed by atoms with van der Waals surface area (Å²) in [5, 5.41) is 3.17. The standard InChI is InChI=1S/C13H17FN2O2/c1-2-18-12-4-3-10(14)9-11(12)13(17)16-7-5-15-6-8-16/h3-4,9,15H,2,5-8H2,1H3. The molecule has 0 unspecified atom stereocenters. The first-order valence-electron chi connectivity index (χ1n) is 6.14. The quantitative estimate of drug-likeness (QED) is 0.881. The molecule has 18 heavy (non-hydrogen) atoms.